The Kier molecular flexibility index (Phi) is 7.65. The lowest BCUT2D eigenvalue weighted by Crippen LogP contribution is -2.71. The third-order valence-electron chi connectivity index (χ3n) is 6.83. The molecule has 2 fully saturated rings. The van der Waals surface area contributed by atoms with Crippen LogP contribution >= 0.6 is 34.4 Å². The number of carboxylic acid groups (broad SMARTS) is 2. The van der Waals surface area contributed by atoms with E-state index < -0.39 is 40.8 Å². The van der Waals surface area contributed by atoms with E-state index in [9.17, 15) is 29.4 Å². The highest BCUT2D eigenvalue weighted by atomic mass is 32.2. The van der Waals surface area contributed by atoms with Crippen LogP contribution in [0.5, 0.6) is 0 Å². The van der Waals surface area contributed by atoms with E-state index in [1.165, 1.54) is 22.0 Å². The molecule has 2 amide bonds. The van der Waals surface area contributed by atoms with Crippen LogP contribution < -0.4 is 15.6 Å². The summed E-state index contributed by atoms with van der Waals surface area (Å²) in [5.74, 6) is -3.52. The Morgan fingerprint density at radius 1 is 1.35 bits per heavy atom. The Hall–Kier alpha value is -3.76. The molecule has 0 bridgehead atoms. The molecule has 1 saturated carbocycles. The zero-order valence-corrected chi connectivity index (χ0v) is 23.6. The summed E-state index contributed by atoms with van der Waals surface area (Å²) in [5.41, 5.74) is 4.29. The number of nitrogens with one attached hydrogen (secondary N) is 1. The molecule has 5 N–H and O–H groups in total. The lowest BCUT2D eigenvalue weighted by molar-refractivity contribution is -0.687. The molecule has 1 aliphatic carbocycles. The van der Waals surface area contributed by atoms with E-state index in [1.807, 2.05) is 29.1 Å². The van der Waals surface area contributed by atoms with Crippen molar-refractivity contribution in [3.05, 3.63) is 51.1 Å². The first-order chi connectivity index (χ1) is 19.1. The maximum Gasteiger partial charge on any atom is 0.352 e. The second-order valence-electron chi connectivity index (χ2n) is 9.27. The van der Waals surface area contributed by atoms with Gasteiger partial charge in [0.15, 0.2) is 23.6 Å². The number of thioether (sulfide) groups is 1. The Balaban J connectivity index is 1.33. The van der Waals surface area contributed by atoms with Gasteiger partial charge in [-0.1, -0.05) is 22.6 Å². The molecular weight excluding hydrogens is 581 g/mol. The van der Waals surface area contributed by atoms with E-state index in [0.717, 1.165) is 16.3 Å². The largest absolute Gasteiger partial charge is 0.478 e. The number of amides is 2. The molecule has 0 radical (unpaired) electrons. The number of fused-ring (bicyclic) bond motifs is 1. The van der Waals surface area contributed by atoms with Crippen molar-refractivity contribution in [1.29, 1.82) is 0 Å². The molecule has 0 aromatic carbocycles. The summed E-state index contributed by atoms with van der Waals surface area (Å²) in [6, 6.07) is -1.03. The topological polar surface area (TPSA) is 188 Å². The Morgan fingerprint density at radius 2 is 2.12 bits per heavy atom. The number of rotatable bonds is 10. The molecule has 3 aliphatic rings. The Bertz CT molecular complexity index is 1470. The van der Waals surface area contributed by atoms with Crippen LogP contribution in [0.1, 0.15) is 30.0 Å². The second-order valence-corrected chi connectivity index (χ2v) is 12.4. The maximum absolute atomic E-state index is 13.3. The summed E-state index contributed by atoms with van der Waals surface area (Å²) < 4.78 is 2.02. The molecule has 40 heavy (non-hydrogen) atoms. The quantitative estimate of drug-likeness (QED) is 0.132. The molecule has 1 unspecified atom stereocenters. The van der Waals surface area contributed by atoms with E-state index in [4.69, 9.17) is 10.6 Å². The normalized spacial score (nSPS) is 22.0. The minimum atomic E-state index is -1.53. The molecule has 210 valence electrons. The van der Waals surface area contributed by atoms with Crippen LogP contribution in [0.2, 0.25) is 0 Å². The number of nitrogens with two attached hydrogens (primary N) is 1. The van der Waals surface area contributed by atoms with Gasteiger partial charge < -0.3 is 26.1 Å². The van der Waals surface area contributed by atoms with Crippen LogP contribution in [0.3, 0.4) is 0 Å². The fraction of sp³-hybridized carbons (Fsp3) is 0.375. The van der Waals surface area contributed by atoms with Gasteiger partial charge in [-0.15, -0.1) is 23.1 Å². The van der Waals surface area contributed by atoms with Crippen molar-refractivity contribution in [3.8, 4) is 0 Å². The number of anilines is 1. The van der Waals surface area contributed by atoms with Gasteiger partial charge in [0.25, 0.3) is 11.8 Å². The number of carboxylic acids is 2. The summed E-state index contributed by atoms with van der Waals surface area (Å²) in [6.07, 6.45) is 6.61. The summed E-state index contributed by atoms with van der Waals surface area (Å²) in [4.78, 5) is 60.8. The predicted molar refractivity (Wildman–Crippen MR) is 146 cm³/mol. The fourth-order valence-electron chi connectivity index (χ4n) is 4.43. The average molecular weight is 606 g/mol. The Labute approximate surface area is 240 Å². The van der Waals surface area contributed by atoms with Gasteiger partial charge >= 0.3 is 11.9 Å². The number of nitrogens with zero attached hydrogens (tertiary/aromatic N) is 4. The number of carbonyl (C=O) groups excluding carboxylic acids is 2. The molecule has 2 aliphatic heterocycles. The molecule has 2 aromatic rings. The van der Waals surface area contributed by atoms with Crippen LogP contribution in [0.15, 0.2) is 45.5 Å². The van der Waals surface area contributed by atoms with E-state index >= 15 is 0 Å². The standard InChI is InChI=1S/C24H24N6O7S3/c1-12-29(8-9-38-12)7-2-4-13-10-39-20-16(19(32)30(20)17(13)21(33)34)27-18(31)15(14-11-40-23(25)26-14)28-37-24(22(35)36)5-3-6-24/h2,4,8-9,11,16,20H,3,5-7,10H2,1H3,(H4-,25,26,27,31,33,34,35,36)/p+1/b4-2?,28-15-/t16?,20-/m1/s1. The van der Waals surface area contributed by atoms with Crippen molar-refractivity contribution in [3.63, 3.8) is 0 Å². The number of allylic oxidation sites excluding steroid dienone is 2. The molecule has 13 nitrogen and oxygen atoms in total. The Morgan fingerprint density at radius 3 is 2.70 bits per heavy atom. The highest BCUT2D eigenvalue weighted by Crippen LogP contribution is 2.41. The summed E-state index contributed by atoms with van der Waals surface area (Å²) in [6.45, 7) is 2.54. The molecule has 4 heterocycles. The number of aliphatic carboxylic acids is 2. The van der Waals surface area contributed by atoms with Crippen LogP contribution in [0, 0.1) is 6.92 Å². The van der Waals surface area contributed by atoms with Gasteiger partial charge in [0.05, 0.1) is 5.38 Å². The highest BCUT2D eigenvalue weighted by Gasteiger charge is 2.54. The van der Waals surface area contributed by atoms with Crippen LogP contribution in [-0.4, -0.2) is 72.3 Å². The first-order valence-corrected chi connectivity index (χ1v) is 14.9. The molecule has 2 atom stereocenters. The van der Waals surface area contributed by atoms with E-state index in [2.05, 4.69) is 15.5 Å². The van der Waals surface area contributed by atoms with Gasteiger partial charge in [0, 0.05) is 30.9 Å². The van der Waals surface area contributed by atoms with Crippen LogP contribution in [0.25, 0.3) is 0 Å². The summed E-state index contributed by atoms with van der Waals surface area (Å²) >= 11 is 3.98. The lowest BCUT2D eigenvalue weighted by Gasteiger charge is -2.49. The number of carbonyl (C=O) groups is 4. The first-order valence-electron chi connectivity index (χ1n) is 12.1. The molecular formula is C24H25N6O7S3+. The molecule has 2 aromatic heterocycles. The number of thiazole rings is 2. The number of oxime groups is 1. The van der Waals surface area contributed by atoms with E-state index in [0.29, 0.717) is 24.3 Å². The number of aromatic nitrogens is 2. The number of hydrogen-bond donors (Lipinski definition) is 4. The molecule has 5 rings (SSSR count). The minimum Gasteiger partial charge on any atom is -0.478 e. The highest BCUT2D eigenvalue weighted by molar-refractivity contribution is 8.00. The SMILES string of the molecule is Cc1scc[n+]1CC=CC1=C(C(=O)O)N2C(=O)C(NC(=O)/C(=N\OC3(C(=O)O)CCC3)c3csc(N)n3)[C@H]2SC1. The number of β-lactam (4-membered cyclic amide) rings is 1. The monoisotopic (exact) mass is 605 g/mol. The maximum atomic E-state index is 13.3. The fourth-order valence-corrected chi connectivity index (χ4v) is 6.97. The van der Waals surface area contributed by atoms with Crippen molar-refractivity contribution >= 4 is 69.0 Å². The van der Waals surface area contributed by atoms with Crippen LogP contribution in [0.4, 0.5) is 5.13 Å². The van der Waals surface area contributed by atoms with Crippen molar-refractivity contribution in [2.24, 2.45) is 5.16 Å². The third kappa shape index (κ3) is 5.09. The van der Waals surface area contributed by atoms with Crippen molar-refractivity contribution in [2.75, 3.05) is 11.5 Å². The molecule has 1 saturated heterocycles. The van der Waals surface area contributed by atoms with Gasteiger partial charge in [-0.25, -0.2) is 14.6 Å². The van der Waals surface area contributed by atoms with Crippen molar-refractivity contribution in [2.45, 2.75) is 49.7 Å². The number of nitrogen functional groups attached to an aromatic ring is 1. The van der Waals surface area contributed by atoms with Gasteiger partial charge in [0.2, 0.25) is 10.6 Å². The van der Waals surface area contributed by atoms with Crippen molar-refractivity contribution in [1.82, 2.24) is 15.2 Å². The lowest BCUT2D eigenvalue weighted by atomic mass is 9.80. The summed E-state index contributed by atoms with van der Waals surface area (Å²) in [7, 11) is 0. The van der Waals surface area contributed by atoms with Gasteiger partial charge in [-0.2, -0.15) is 4.57 Å². The predicted octanol–water partition coefficient (Wildman–Crippen LogP) is 1.11. The van der Waals surface area contributed by atoms with E-state index in [1.54, 1.807) is 17.4 Å². The smallest absolute Gasteiger partial charge is 0.352 e. The molecule has 16 heteroatoms. The third-order valence-corrected chi connectivity index (χ3v) is 9.64. The van der Waals surface area contributed by atoms with Gasteiger partial charge in [-0.05, 0) is 18.1 Å². The van der Waals surface area contributed by atoms with Crippen molar-refractivity contribution < 1.29 is 38.8 Å². The zero-order chi connectivity index (χ0) is 28.6. The zero-order valence-electron chi connectivity index (χ0n) is 21.1. The average Bonchev–Trinajstić information content (AvgIpc) is 3.50. The number of hydrogen-bond acceptors (Lipinski definition) is 11. The second kappa shape index (κ2) is 11.0. The minimum absolute atomic E-state index is 0.0667. The molecule has 0 spiro atoms. The van der Waals surface area contributed by atoms with Crippen LogP contribution in [-0.2, 0) is 30.6 Å². The van der Waals surface area contributed by atoms with Gasteiger partial charge in [-0.3, -0.25) is 14.5 Å². The summed E-state index contributed by atoms with van der Waals surface area (Å²) in [5, 5.41) is 29.9. The number of aryl methyl sites for hydroxylation is 1. The van der Waals surface area contributed by atoms with E-state index in [-0.39, 0.29) is 35.1 Å². The van der Waals surface area contributed by atoms with Gasteiger partial charge in [0.1, 0.15) is 22.8 Å². The first kappa shape index (κ1) is 27.8.